The molecule has 1 aromatic carbocycles. The zero-order valence-electron chi connectivity index (χ0n) is 9.28. The van der Waals surface area contributed by atoms with Gasteiger partial charge in [0.1, 0.15) is 11.3 Å². The standard InChI is InChI=1S/C11H6ClF2N5/c12-11-15-4-3-7(17-11)16-10-5-1-2-6(13)8(14)9(5)18-19-10/h1-4H,(H2,15,16,17,18,19). The van der Waals surface area contributed by atoms with Crippen molar-refractivity contribution in [2.75, 3.05) is 5.32 Å². The Balaban J connectivity index is 2.05. The number of aromatic nitrogens is 4. The van der Waals surface area contributed by atoms with Gasteiger partial charge in [0.2, 0.25) is 5.28 Å². The molecular weight excluding hydrogens is 276 g/mol. The van der Waals surface area contributed by atoms with Crippen molar-refractivity contribution in [2.45, 2.75) is 0 Å². The van der Waals surface area contributed by atoms with Crippen LogP contribution in [0.2, 0.25) is 5.28 Å². The lowest BCUT2D eigenvalue weighted by Crippen LogP contribution is -1.95. The number of benzene rings is 1. The lowest BCUT2D eigenvalue weighted by molar-refractivity contribution is 0.515. The first-order chi connectivity index (χ1) is 9.15. The highest BCUT2D eigenvalue weighted by molar-refractivity contribution is 6.28. The smallest absolute Gasteiger partial charge is 0.224 e. The quantitative estimate of drug-likeness (QED) is 0.709. The van der Waals surface area contributed by atoms with E-state index in [0.717, 1.165) is 6.07 Å². The van der Waals surface area contributed by atoms with Crippen LogP contribution in [0.15, 0.2) is 24.4 Å². The van der Waals surface area contributed by atoms with Crippen molar-refractivity contribution < 1.29 is 8.78 Å². The molecule has 0 amide bonds. The summed E-state index contributed by atoms with van der Waals surface area (Å²) in [4.78, 5) is 7.65. The second-order valence-electron chi connectivity index (χ2n) is 3.69. The summed E-state index contributed by atoms with van der Waals surface area (Å²) in [5.41, 5.74) is -0.0114. The molecule has 0 aliphatic rings. The Morgan fingerprint density at radius 2 is 2.05 bits per heavy atom. The maximum atomic E-state index is 13.5. The van der Waals surface area contributed by atoms with Gasteiger partial charge in [-0.3, -0.25) is 5.10 Å². The number of anilines is 2. The molecule has 0 bridgehead atoms. The molecule has 0 aliphatic heterocycles. The Morgan fingerprint density at radius 3 is 2.84 bits per heavy atom. The summed E-state index contributed by atoms with van der Waals surface area (Å²) in [5.74, 6) is -1.19. The van der Waals surface area contributed by atoms with E-state index in [4.69, 9.17) is 11.6 Å². The largest absolute Gasteiger partial charge is 0.323 e. The number of nitrogens with zero attached hydrogens (tertiary/aromatic N) is 3. The Morgan fingerprint density at radius 1 is 1.21 bits per heavy atom. The minimum atomic E-state index is -0.973. The van der Waals surface area contributed by atoms with Gasteiger partial charge in [0, 0.05) is 11.6 Å². The average molecular weight is 282 g/mol. The predicted octanol–water partition coefficient (Wildman–Crippen LogP) is 3.03. The summed E-state index contributed by atoms with van der Waals surface area (Å²) in [5, 5.41) is 9.63. The number of halogens is 3. The first-order valence-corrected chi connectivity index (χ1v) is 5.60. The highest BCUT2D eigenvalue weighted by atomic mass is 35.5. The van der Waals surface area contributed by atoms with Crippen LogP contribution in [0.25, 0.3) is 10.9 Å². The maximum Gasteiger partial charge on any atom is 0.224 e. The van der Waals surface area contributed by atoms with Crippen LogP contribution in [0.3, 0.4) is 0 Å². The summed E-state index contributed by atoms with van der Waals surface area (Å²) in [7, 11) is 0. The fourth-order valence-corrected chi connectivity index (χ4v) is 1.80. The van der Waals surface area contributed by atoms with Crippen molar-refractivity contribution in [1.82, 2.24) is 20.2 Å². The molecule has 0 saturated heterocycles. The first kappa shape index (κ1) is 11.8. The lowest BCUT2D eigenvalue weighted by atomic mass is 10.2. The van der Waals surface area contributed by atoms with E-state index in [2.05, 4.69) is 25.5 Å². The second-order valence-corrected chi connectivity index (χ2v) is 4.03. The molecule has 0 unspecified atom stereocenters. The van der Waals surface area contributed by atoms with Gasteiger partial charge in [0.05, 0.1) is 0 Å². The Bertz CT molecular complexity index is 758. The summed E-state index contributed by atoms with van der Waals surface area (Å²) >= 11 is 5.65. The molecule has 0 spiro atoms. The average Bonchev–Trinajstić information content (AvgIpc) is 2.78. The zero-order valence-corrected chi connectivity index (χ0v) is 10.0. The normalized spacial score (nSPS) is 10.9. The van der Waals surface area contributed by atoms with Crippen LogP contribution in [0.1, 0.15) is 0 Å². The van der Waals surface area contributed by atoms with Crippen molar-refractivity contribution in [3.63, 3.8) is 0 Å². The molecule has 8 heteroatoms. The molecule has 0 fully saturated rings. The maximum absolute atomic E-state index is 13.5. The molecule has 0 aliphatic carbocycles. The first-order valence-electron chi connectivity index (χ1n) is 5.23. The third kappa shape index (κ3) is 2.08. The van der Waals surface area contributed by atoms with Crippen LogP contribution < -0.4 is 5.32 Å². The predicted molar refractivity (Wildman–Crippen MR) is 66.3 cm³/mol. The number of fused-ring (bicyclic) bond motifs is 1. The second kappa shape index (κ2) is 4.43. The summed E-state index contributed by atoms with van der Waals surface area (Å²) in [6, 6.07) is 4.03. The Hall–Kier alpha value is -2.28. The molecular formula is C11H6ClF2N5. The topological polar surface area (TPSA) is 66.5 Å². The van der Waals surface area contributed by atoms with Crippen LogP contribution in [0, 0.1) is 11.6 Å². The fraction of sp³-hybridized carbons (Fsp3) is 0. The molecule has 96 valence electrons. The Kier molecular flexibility index (Phi) is 2.75. The summed E-state index contributed by atoms with van der Waals surface area (Å²) in [6.45, 7) is 0. The fourth-order valence-electron chi connectivity index (χ4n) is 1.65. The number of aromatic amines is 1. The highest BCUT2D eigenvalue weighted by Crippen LogP contribution is 2.26. The van der Waals surface area contributed by atoms with E-state index in [0.29, 0.717) is 17.0 Å². The van der Waals surface area contributed by atoms with Crippen LogP contribution in [-0.4, -0.2) is 20.2 Å². The lowest BCUT2D eigenvalue weighted by Gasteiger charge is -2.02. The number of hydrogen-bond acceptors (Lipinski definition) is 4. The van der Waals surface area contributed by atoms with Crippen LogP contribution in [0.4, 0.5) is 20.4 Å². The van der Waals surface area contributed by atoms with Crippen molar-refractivity contribution in [3.8, 4) is 0 Å². The molecule has 2 aromatic heterocycles. The molecule has 2 heterocycles. The third-order valence-electron chi connectivity index (χ3n) is 2.50. The van der Waals surface area contributed by atoms with E-state index < -0.39 is 11.6 Å². The Labute approximate surface area is 110 Å². The number of rotatable bonds is 2. The van der Waals surface area contributed by atoms with E-state index in [9.17, 15) is 8.78 Å². The van der Waals surface area contributed by atoms with Gasteiger partial charge in [-0.1, -0.05) is 0 Å². The number of nitrogens with one attached hydrogen (secondary N) is 2. The molecule has 0 saturated carbocycles. The van der Waals surface area contributed by atoms with Crippen LogP contribution in [-0.2, 0) is 0 Å². The monoisotopic (exact) mass is 281 g/mol. The van der Waals surface area contributed by atoms with Crippen molar-refractivity contribution >= 4 is 34.1 Å². The SMILES string of the molecule is Fc1ccc2c(Nc3ccnc(Cl)n3)n[nH]c2c1F. The van der Waals surface area contributed by atoms with E-state index in [1.165, 1.54) is 12.3 Å². The molecule has 19 heavy (non-hydrogen) atoms. The van der Waals surface area contributed by atoms with Crippen molar-refractivity contribution in [3.05, 3.63) is 41.3 Å². The molecule has 2 N–H and O–H groups in total. The van der Waals surface area contributed by atoms with E-state index in [1.807, 2.05) is 0 Å². The number of hydrogen-bond donors (Lipinski definition) is 2. The van der Waals surface area contributed by atoms with Crippen molar-refractivity contribution in [2.24, 2.45) is 0 Å². The van der Waals surface area contributed by atoms with Gasteiger partial charge >= 0.3 is 0 Å². The molecule has 3 aromatic rings. The minimum absolute atomic E-state index is 0.0114. The van der Waals surface area contributed by atoms with Crippen LogP contribution in [0.5, 0.6) is 0 Å². The van der Waals surface area contributed by atoms with Gasteiger partial charge in [-0.25, -0.2) is 18.7 Å². The molecule has 5 nitrogen and oxygen atoms in total. The summed E-state index contributed by atoms with van der Waals surface area (Å²) < 4.78 is 26.6. The van der Waals surface area contributed by atoms with Crippen molar-refractivity contribution in [1.29, 1.82) is 0 Å². The minimum Gasteiger partial charge on any atom is -0.323 e. The third-order valence-corrected chi connectivity index (χ3v) is 2.68. The molecule has 0 radical (unpaired) electrons. The van der Waals surface area contributed by atoms with Gasteiger partial charge in [-0.2, -0.15) is 5.10 Å². The molecule has 0 atom stereocenters. The van der Waals surface area contributed by atoms with Crippen LogP contribution >= 0.6 is 11.6 Å². The summed E-state index contributed by atoms with van der Waals surface area (Å²) in [6.07, 6.45) is 1.47. The van der Waals surface area contributed by atoms with Gasteiger partial charge in [-0.05, 0) is 29.8 Å². The molecule has 3 rings (SSSR count). The number of H-pyrrole nitrogens is 1. The van der Waals surface area contributed by atoms with Gasteiger partial charge in [-0.15, -0.1) is 0 Å². The zero-order chi connectivity index (χ0) is 13.4. The highest BCUT2D eigenvalue weighted by Gasteiger charge is 2.13. The van der Waals surface area contributed by atoms with E-state index >= 15 is 0 Å². The van der Waals surface area contributed by atoms with Gasteiger partial charge < -0.3 is 5.32 Å². The van der Waals surface area contributed by atoms with E-state index in [1.54, 1.807) is 6.07 Å². The van der Waals surface area contributed by atoms with Gasteiger partial charge in [0.15, 0.2) is 17.5 Å². The van der Waals surface area contributed by atoms with E-state index in [-0.39, 0.29) is 10.8 Å². The van der Waals surface area contributed by atoms with Gasteiger partial charge in [0.25, 0.3) is 0 Å².